The molecule has 2 heterocycles. The number of hydrogen-bond acceptors (Lipinski definition) is 3. The fraction of sp³-hybridized carbons (Fsp3) is 0.636. The topological polar surface area (TPSA) is 40.6 Å². The Bertz CT molecular complexity index is 701. The van der Waals surface area contributed by atoms with Gasteiger partial charge in [-0.15, -0.1) is 0 Å². The lowest BCUT2D eigenvalue weighted by Crippen LogP contribution is -2.54. The maximum absolute atomic E-state index is 13.0. The number of piperidine rings is 2. The first-order valence-corrected chi connectivity index (χ1v) is 10.4. The third-order valence-corrected chi connectivity index (χ3v) is 6.47. The summed E-state index contributed by atoms with van der Waals surface area (Å²) in [5.41, 5.74) is 0.854. The van der Waals surface area contributed by atoms with Crippen molar-refractivity contribution in [1.29, 1.82) is 0 Å². The number of likely N-dealkylation sites (tertiary alicyclic amines) is 2. The summed E-state index contributed by atoms with van der Waals surface area (Å²) in [7, 11) is 0. The minimum absolute atomic E-state index is 0.0879. The number of ketones is 1. The van der Waals surface area contributed by atoms with E-state index in [2.05, 4.69) is 9.80 Å². The SMILES string of the molecule is O=C(CCCN1CCC[C@@]2(CCC(=O)N(C3CC3)C2)C1)c1ccc(F)cc1. The Balaban J connectivity index is 1.28. The molecular formula is C22H29FN2O2. The van der Waals surface area contributed by atoms with E-state index in [0.29, 0.717) is 30.4 Å². The van der Waals surface area contributed by atoms with E-state index in [4.69, 9.17) is 0 Å². The summed E-state index contributed by atoms with van der Waals surface area (Å²) in [4.78, 5) is 29.2. The van der Waals surface area contributed by atoms with Gasteiger partial charge in [-0.05, 0) is 75.9 Å². The highest BCUT2D eigenvalue weighted by Crippen LogP contribution is 2.42. The summed E-state index contributed by atoms with van der Waals surface area (Å²) in [5, 5.41) is 0. The van der Waals surface area contributed by atoms with Gasteiger partial charge in [0.2, 0.25) is 5.91 Å². The van der Waals surface area contributed by atoms with E-state index < -0.39 is 0 Å². The predicted molar refractivity (Wildman–Crippen MR) is 102 cm³/mol. The molecule has 1 aliphatic carbocycles. The van der Waals surface area contributed by atoms with Gasteiger partial charge in [-0.25, -0.2) is 4.39 Å². The average Bonchev–Trinajstić information content (AvgIpc) is 3.50. The molecule has 1 amide bonds. The molecule has 2 saturated heterocycles. The first-order valence-electron chi connectivity index (χ1n) is 10.4. The average molecular weight is 372 g/mol. The number of nitrogens with zero attached hydrogens (tertiary/aromatic N) is 2. The van der Waals surface area contributed by atoms with Gasteiger partial charge >= 0.3 is 0 Å². The van der Waals surface area contributed by atoms with E-state index >= 15 is 0 Å². The number of hydrogen-bond donors (Lipinski definition) is 0. The number of carbonyl (C=O) groups excluding carboxylic acids is 2. The lowest BCUT2D eigenvalue weighted by molar-refractivity contribution is -0.140. The number of amides is 1. The molecule has 4 rings (SSSR count). The van der Waals surface area contributed by atoms with Gasteiger partial charge in [0.05, 0.1) is 0 Å². The zero-order valence-electron chi connectivity index (χ0n) is 16.0. The minimum atomic E-state index is -0.309. The fourth-order valence-electron chi connectivity index (χ4n) is 4.84. The molecule has 1 saturated carbocycles. The van der Waals surface area contributed by atoms with Crippen LogP contribution in [0.5, 0.6) is 0 Å². The van der Waals surface area contributed by atoms with Crippen LogP contribution in [-0.2, 0) is 4.79 Å². The van der Waals surface area contributed by atoms with Crippen molar-refractivity contribution in [2.24, 2.45) is 5.41 Å². The van der Waals surface area contributed by atoms with Crippen LogP contribution in [0.25, 0.3) is 0 Å². The lowest BCUT2D eigenvalue weighted by Gasteiger charge is -2.48. The number of carbonyl (C=O) groups is 2. The van der Waals surface area contributed by atoms with E-state index in [1.807, 2.05) is 0 Å². The molecule has 0 aromatic heterocycles. The predicted octanol–water partition coefficient (Wildman–Crippen LogP) is 3.66. The smallest absolute Gasteiger partial charge is 0.222 e. The van der Waals surface area contributed by atoms with Gasteiger partial charge in [-0.1, -0.05) is 0 Å². The van der Waals surface area contributed by atoms with E-state index in [-0.39, 0.29) is 17.0 Å². The molecule has 0 bridgehead atoms. The highest BCUT2D eigenvalue weighted by molar-refractivity contribution is 5.95. The Hall–Kier alpha value is -1.75. The van der Waals surface area contributed by atoms with Crippen LogP contribution in [0.4, 0.5) is 4.39 Å². The molecule has 1 aromatic rings. The maximum Gasteiger partial charge on any atom is 0.222 e. The second kappa shape index (κ2) is 7.70. The summed E-state index contributed by atoms with van der Waals surface area (Å²) in [6.07, 6.45) is 7.80. The maximum atomic E-state index is 13.0. The molecule has 5 heteroatoms. The monoisotopic (exact) mass is 372 g/mol. The van der Waals surface area contributed by atoms with Crippen molar-refractivity contribution in [2.45, 2.75) is 57.4 Å². The molecule has 1 aromatic carbocycles. The fourth-order valence-corrected chi connectivity index (χ4v) is 4.84. The summed E-state index contributed by atoms with van der Waals surface area (Å²) in [6.45, 7) is 3.99. The Labute approximate surface area is 160 Å². The Morgan fingerprint density at radius 2 is 1.93 bits per heavy atom. The molecule has 146 valence electrons. The van der Waals surface area contributed by atoms with E-state index in [0.717, 1.165) is 39.0 Å². The molecule has 1 atom stereocenters. The summed E-state index contributed by atoms with van der Waals surface area (Å²) in [5.74, 6) is 0.131. The van der Waals surface area contributed by atoms with Crippen molar-refractivity contribution in [3.8, 4) is 0 Å². The normalized spacial score (nSPS) is 26.6. The van der Waals surface area contributed by atoms with Crippen molar-refractivity contribution in [2.75, 3.05) is 26.2 Å². The number of rotatable bonds is 6. The van der Waals surface area contributed by atoms with Crippen molar-refractivity contribution in [1.82, 2.24) is 9.80 Å². The van der Waals surface area contributed by atoms with Crippen molar-refractivity contribution in [3.05, 3.63) is 35.6 Å². The Kier molecular flexibility index (Phi) is 5.31. The van der Waals surface area contributed by atoms with Crippen molar-refractivity contribution in [3.63, 3.8) is 0 Å². The van der Waals surface area contributed by atoms with E-state index in [1.165, 1.54) is 37.8 Å². The molecule has 27 heavy (non-hydrogen) atoms. The third kappa shape index (κ3) is 4.40. The second-order valence-electron chi connectivity index (χ2n) is 8.67. The van der Waals surface area contributed by atoms with E-state index in [1.54, 1.807) is 12.1 Å². The summed E-state index contributed by atoms with van der Waals surface area (Å²) in [6, 6.07) is 6.34. The first kappa shape index (κ1) is 18.6. The van der Waals surface area contributed by atoms with Crippen molar-refractivity contribution < 1.29 is 14.0 Å². The van der Waals surface area contributed by atoms with Crippen LogP contribution in [0, 0.1) is 11.2 Å². The highest BCUT2D eigenvalue weighted by atomic mass is 19.1. The molecular weight excluding hydrogens is 343 g/mol. The number of benzene rings is 1. The minimum Gasteiger partial charge on any atom is -0.339 e. The number of halogens is 1. The van der Waals surface area contributed by atoms with Gasteiger partial charge in [0, 0.05) is 43.0 Å². The second-order valence-corrected chi connectivity index (χ2v) is 8.67. The third-order valence-electron chi connectivity index (χ3n) is 6.47. The molecule has 2 aliphatic heterocycles. The molecule has 1 spiro atoms. The van der Waals surface area contributed by atoms with Gasteiger partial charge in [0.1, 0.15) is 5.82 Å². The molecule has 4 nitrogen and oxygen atoms in total. The highest BCUT2D eigenvalue weighted by Gasteiger charge is 2.45. The zero-order valence-corrected chi connectivity index (χ0v) is 16.0. The van der Waals surface area contributed by atoms with Gasteiger partial charge in [0.25, 0.3) is 0 Å². The van der Waals surface area contributed by atoms with Gasteiger partial charge in [-0.3, -0.25) is 9.59 Å². The van der Waals surface area contributed by atoms with Crippen LogP contribution in [0.1, 0.15) is 61.7 Å². The molecule has 0 radical (unpaired) electrons. The van der Waals surface area contributed by atoms with Crippen LogP contribution in [0.3, 0.4) is 0 Å². The van der Waals surface area contributed by atoms with Crippen LogP contribution in [0.2, 0.25) is 0 Å². The molecule has 0 unspecified atom stereocenters. The Morgan fingerprint density at radius 3 is 2.67 bits per heavy atom. The summed E-state index contributed by atoms with van der Waals surface area (Å²) < 4.78 is 13.0. The van der Waals surface area contributed by atoms with Crippen molar-refractivity contribution >= 4 is 11.7 Å². The standard InChI is InChI=1S/C22H29FN2O2/c23-18-6-4-17(5-7-18)20(26)3-1-13-24-14-2-11-22(15-24)12-10-21(27)25(16-22)19-8-9-19/h4-7,19H,1-3,8-16H2/t22-/m1/s1. The lowest BCUT2D eigenvalue weighted by atomic mass is 9.73. The van der Waals surface area contributed by atoms with Crippen LogP contribution in [-0.4, -0.2) is 53.7 Å². The first-order chi connectivity index (χ1) is 13.0. The summed E-state index contributed by atoms with van der Waals surface area (Å²) >= 11 is 0. The van der Waals surface area contributed by atoms with Gasteiger partial charge in [0.15, 0.2) is 5.78 Å². The molecule has 3 fully saturated rings. The van der Waals surface area contributed by atoms with Gasteiger partial charge in [-0.2, -0.15) is 0 Å². The molecule has 3 aliphatic rings. The molecule has 0 N–H and O–H groups in total. The largest absolute Gasteiger partial charge is 0.339 e. The number of Topliss-reactive ketones (excluding diaryl/α,β-unsaturated/α-hetero) is 1. The Morgan fingerprint density at radius 1 is 1.15 bits per heavy atom. The van der Waals surface area contributed by atoms with Crippen LogP contribution < -0.4 is 0 Å². The van der Waals surface area contributed by atoms with Crippen LogP contribution >= 0.6 is 0 Å². The van der Waals surface area contributed by atoms with E-state index in [9.17, 15) is 14.0 Å². The zero-order chi connectivity index (χ0) is 18.9. The quantitative estimate of drug-likeness (QED) is 0.716. The van der Waals surface area contributed by atoms with Crippen LogP contribution in [0.15, 0.2) is 24.3 Å². The van der Waals surface area contributed by atoms with Gasteiger partial charge < -0.3 is 9.80 Å².